The van der Waals surface area contributed by atoms with Crippen LogP contribution in [0.2, 0.25) is 0 Å². The Labute approximate surface area is 141 Å². The molecule has 4 N–H and O–H groups in total. The molecule has 0 unspecified atom stereocenters. The van der Waals surface area contributed by atoms with E-state index in [1.165, 1.54) is 5.56 Å². The zero-order chi connectivity index (χ0) is 18.0. The van der Waals surface area contributed by atoms with Crippen LogP contribution in [0.25, 0.3) is 0 Å². The van der Waals surface area contributed by atoms with Crippen molar-refractivity contribution in [1.82, 2.24) is 10.2 Å². The van der Waals surface area contributed by atoms with Gasteiger partial charge in [-0.05, 0) is 31.9 Å². The van der Waals surface area contributed by atoms with Gasteiger partial charge in [-0.3, -0.25) is 0 Å². The van der Waals surface area contributed by atoms with E-state index < -0.39 is 17.5 Å². The molecule has 0 radical (unpaired) electrons. The number of rotatable bonds is 5. The van der Waals surface area contributed by atoms with E-state index in [0.29, 0.717) is 6.54 Å². The number of nitrogens with zero attached hydrogens (tertiary/aromatic N) is 1. The van der Waals surface area contributed by atoms with Gasteiger partial charge in [-0.2, -0.15) is 0 Å². The Kier molecular flexibility index (Phi) is 8.39. The molecule has 0 atom stereocenters. The summed E-state index contributed by atoms with van der Waals surface area (Å²) >= 11 is 0. The lowest BCUT2D eigenvalue weighted by Gasteiger charge is -2.38. The fourth-order valence-electron chi connectivity index (χ4n) is 2.63. The second-order valence-electron chi connectivity index (χ2n) is 5.94. The number of piperidine rings is 1. The molecule has 2 rings (SSSR count). The molecule has 1 fully saturated rings. The summed E-state index contributed by atoms with van der Waals surface area (Å²) in [6, 6.07) is 10.6. The number of hydrogen-bond acceptors (Lipinski definition) is 5. The molecule has 1 heterocycles. The van der Waals surface area contributed by atoms with Gasteiger partial charge >= 0.3 is 11.9 Å². The quantitative estimate of drug-likeness (QED) is 0.576. The molecular formula is C17H26N2O5. The van der Waals surface area contributed by atoms with Gasteiger partial charge in [0.1, 0.15) is 0 Å². The molecule has 0 amide bonds. The van der Waals surface area contributed by atoms with Crippen molar-refractivity contribution in [3.05, 3.63) is 35.9 Å². The summed E-state index contributed by atoms with van der Waals surface area (Å²) in [5, 5.41) is 28.1. The maximum atomic E-state index is 10.3. The first kappa shape index (κ1) is 20.1. The largest absolute Gasteiger partial charge is 0.473 e. The van der Waals surface area contributed by atoms with Gasteiger partial charge in [-0.15, -0.1) is 0 Å². The summed E-state index contributed by atoms with van der Waals surface area (Å²) in [6.45, 7) is 3.81. The summed E-state index contributed by atoms with van der Waals surface area (Å²) in [5.41, 5.74) is 0.909. The Morgan fingerprint density at radius 1 is 1.12 bits per heavy atom. The number of benzene rings is 1. The number of likely N-dealkylation sites (tertiary alicyclic amines) is 1. The first-order chi connectivity index (χ1) is 11.4. The molecular weight excluding hydrogens is 312 g/mol. The summed E-state index contributed by atoms with van der Waals surface area (Å²) in [5.74, 6) is -3.65. The van der Waals surface area contributed by atoms with Gasteiger partial charge in [0.25, 0.3) is 0 Å². The monoisotopic (exact) mass is 338 g/mol. The fourth-order valence-corrected chi connectivity index (χ4v) is 2.63. The minimum atomic E-state index is -1.82. The van der Waals surface area contributed by atoms with E-state index in [1.807, 2.05) is 7.05 Å². The van der Waals surface area contributed by atoms with Gasteiger partial charge in [0.15, 0.2) is 0 Å². The maximum Gasteiger partial charge on any atom is 0.414 e. The van der Waals surface area contributed by atoms with Crippen LogP contribution in [0.1, 0.15) is 18.4 Å². The Bertz CT molecular complexity index is 501. The second kappa shape index (κ2) is 10.0. The standard InChI is InChI=1S/C15H24N2O.C2H2O4/c1-16-13-15(18)8-11-17(12-9-15)10-7-14-5-3-2-4-6-14;3-1(4)2(5)6/h2-6,16,18H,7-13H2,1H3;(H,3,4)(H,5,6). The van der Waals surface area contributed by atoms with Gasteiger partial charge in [0.05, 0.1) is 5.60 Å². The molecule has 0 saturated carbocycles. The first-order valence-electron chi connectivity index (χ1n) is 7.96. The number of carboxylic acids is 2. The molecule has 1 aromatic rings. The normalized spacial score (nSPS) is 16.8. The molecule has 1 saturated heterocycles. The van der Waals surface area contributed by atoms with Crippen LogP contribution in [-0.4, -0.2) is 71.0 Å². The maximum absolute atomic E-state index is 10.3. The number of aliphatic carboxylic acids is 2. The Hall–Kier alpha value is -1.96. The molecule has 7 heteroatoms. The lowest BCUT2D eigenvalue weighted by molar-refractivity contribution is -0.159. The molecule has 7 nitrogen and oxygen atoms in total. The van der Waals surface area contributed by atoms with Crippen LogP contribution in [0, 0.1) is 0 Å². The molecule has 0 spiro atoms. The van der Waals surface area contributed by atoms with E-state index in [0.717, 1.165) is 38.9 Å². The molecule has 0 aromatic heterocycles. The topological polar surface area (TPSA) is 110 Å². The summed E-state index contributed by atoms with van der Waals surface area (Å²) in [7, 11) is 1.90. The molecule has 134 valence electrons. The highest BCUT2D eigenvalue weighted by Gasteiger charge is 2.31. The van der Waals surface area contributed by atoms with Crippen molar-refractivity contribution in [2.24, 2.45) is 0 Å². The Morgan fingerprint density at radius 3 is 2.12 bits per heavy atom. The molecule has 0 aliphatic carbocycles. The van der Waals surface area contributed by atoms with Crippen molar-refractivity contribution < 1.29 is 24.9 Å². The highest BCUT2D eigenvalue weighted by atomic mass is 16.4. The van der Waals surface area contributed by atoms with Crippen molar-refractivity contribution in [2.45, 2.75) is 24.9 Å². The van der Waals surface area contributed by atoms with Crippen LogP contribution in [0.15, 0.2) is 30.3 Å². The van der Waals surface area contributed by atoms with Crippen LogP contribution in [0.3, 0.4) is 0 Å². The van der Waals surface area contributed by atoms with Gasteiger partial charge in [-0.1, -0.05) is 30.3 Å². The van der Waals surface area contributed by atoms with Gasteiger partial charge in [-0.25, -0.2) is 9.59 Å². The molecule has 0 bridgehead atoms. The second-order valence-corrected chi connectivity index (χ2v) is 5.94. The lowest BCUT2D eigenvalue weighted by Crippen LogP contribution is -2.49. The smallest absolute Gasteiger partial charge is 0.414 e. The molecule has 1 aliphatic rings. The average Bonchev–Trinajstić information content (AvgIpc) is 2.56. The predicted octanol–water partition coefficient (Wildman–Crippen LogP) is 0.431. The van der Waals surface area contributed by atoms with Crippen molar-refractivity contribution >= 4 is 11.9 Å². The van der Waals surface area contributed by atoms with Gasteiger partial charge in [0.2, 0.25) is 0 Å². The zero-order valence-electron chi connectivity index (χ0n) is 13.9. The third kappa shape index (κ3) is 7.54. The summed E-state index contributed by atoms with van der Waals surface area (Å²) in [6.07, 6.45) is 2.86. The highest BCUT2D eigenvalue weighted by Crippen LogP contribution is 2.21. The van der Waals surface area contributed by atoms with E-state index in [4.69, 9.17) is 19.8 Å². The van der Waals surface area contributed by atoms with E-state index in [9.17, 15) is 5.11 Å². The minimum Gasteiger partial charge on any atom is -0.473 e. The zero-order valence-corrected chi connectivity index (χ0v) is 13.9. The van der Waals surface area contributed by atoms with Gasteiger partial charge < -0.3 is 25.5 Å². The molecule has 1 aliphatic heterocycles. The number of hydrogen-bond donors (Lipinski definition) is 4. The van der Waals surface area contributed by atoms with E-state index in [1.54, 1.807) is 0 Å². The number of aliphatic hydroxyl groups is 1. The van der Waals surface area contributed by atoms with Crippen LogP contribution >= 0.6 is 0 Å². The third-order valence-corrected chi connectivity index (χ3v) is 4.04. The SMILES string of the molecule is CNCC1(O)CCN(CCc2ccccc2)CC1.O=C(O)C(=O)O. The van der Waals surface area contributed by atoms with Crippen molar-refractivity contribution in [3.63, 3.8) is 0 Å². The number of nitrogens with one attached hydrogen (secondary N) is 1. The Balaban J connectivity index is 0.000000413. The third-order valence-electron chi connectivity index (χ3n) is 4.04. The van der Waals surface area contributed by atoms with E-state index in [-0.39, 0.29) is 0 Å². The average molecular weight is 338 g/mol. The first-order valence-corrected chi connectivity index (χ1v) is 7.96. The van der Waals surface area contributed by atoms with Crippen LogP contribution in [0.5, 0.6) is 0 Å². The molecule has 1 aromatic carbocycles. The Morgan fingerprint density at radius 2 is 1.67 bits per heavy atom. The fraction of sp³-hybridized carbons (Fsp3) is 0.529. The number of likely N-dealkylation sites (N-methyl/N-ethyl adjacent to an activating group) is 1. The molecule has 24 heavy (non-hydrogen) atoms. The predicted molar refractivity (Wildman–Crippen MR) is 90.0 cm³/mol. The minimum absolute atomic E-state index is 0.488. The number of carbonyl (C=O) groups is 2. The van der Waals surface area contributed by atoms with Crippen LogP contribution in [-0.2, 0) is 16.0 Å². The summed E-state index contributed by atoms with van der Waals surface area (Å²) in [4.78, 5) is 20.7. The highest BCUT2D eigenvalue weighted by molar-refractivity contribution is 6.27. The van der Waals surface area contributed by atoms with Crippen molar-refractivity contribution in [2.75, 3.05) is 33.2 Å². The van der Waals surface area contributed by atoms with E-state index >= 15 is 0 Å². The van der Waals surface area contributed by atoms with Crippen LogP contribution < -0.4 is 5.32 Å². The van der Waals surface area contributed by atoms with Crippen molar-refractivity contribution in [3.8, 4) is 0 Å². The van der Waals surface area contributed by atoms with E-state index in [2.05, 4.69) is 40.5 Å². The van der Waals surface area contributed by atoms with Gasteiger partial charge in [0, 0.05) is 26.2 Å². The van der Waals surface area contributed by atoms with Crippen LogP contribution in [0.4, 0.5) is 0 Å². The summed E-state index contributed by atoms with van der Waals surface area (Å²) < 4.78 is 0. The van der Waals surface area contributed by atoms with Crippen molar-refractivity contribution in [1.29, 1.82) is 0 Å². The lowest BCUT2D eigenvalue weighted by atomic mass is 9.91. The number of carboxylic acid groups (broad SMARTS) is 2.